The summed E-state index contributed by atoms with van der Waals surface area (Å²) in [5, 5.41) is 4.99. The minimum Gasteiger partial charge on any atom is -0.346 e. The lowest BCUT2D eigenvalue weighted by atomic mass is 10.1. The summed E-state index contributed by atoms with van der Waals surface area (Å²) in [5.41, 5.74) is 0.109. The van der Waals surface area contributed by atoms with E-state index in [0.29, 0.717) is 5.69 Å². The summed E-state index contributed by atoms with van der Waals surface area (Å²) in [6, 6.07) is 8.30. The molecule has 0 bridgehead atoms. The Morgan fingerprint density at radius 1 is 1.12 bits per heavy atom. The molecule has 0 aliphatic carbocycles. The Balaban J connectivity index is 1.71. The maximum Gasteiger partial charge on any atom is 0.417 e. The van der Waals surface area contributed by atoms with Crippen molar-refractivity contribution in [1.29, 1.82) is 0 Å². The van der Waals surface area contributed by atoms with E-state index in [1.54, 1.807) is 29.9 Å². The predicted molar refractivity (Wildman–Crippen MR) is 88.0 cm³/mol. The van der Waals surface area contributed by atoms with Crippen molar-refractivity contribution in [3.05, 3.63) is 71.0 Å². The Bertz CT molecular complexity index is 878. The van der Waals surface area contributed by atoms with Crippen LogP contribution in [0.5, 0.6) is 0 Å². The van der Waals surface area contributed by atoms with E-state index in [1.165, 1.54) is 23.5 Å². The van der Waals surface area contributed by atoms with Crippen molar-refractivity contribution in [2.24, 2.45) is 0 Å². The molecule has 0 aliphatic rings. The molecule has 0 radical (unpaired) electrons. The van der Waals surface area contributed by atoms with Crippen LogP contribution in [-0.4, -0.2) is 15.9 Å². The van der Waals surface area contributed by atoms with Gasteiger partial charge in [-0.15, -0.1) is 11.3 Å². The Hall–Kier alpha value is -2.74. The number of aromatic nitrogens is 2. The standard InChI is InChI=1S/C17H12F3N3OS/c18-17(19,20)14-4-2-1-3-13(14)15(24)22-9-12-10-25-16(23-12)11-5-7-21-8-6-11/h1-8,10H,9H2,(H,22,24). The van der Waals surface area contributed by atoms with E-state index < -0.39 is 23.2 Å². The summed E-state index contributed by atoms with van der Waals surface area (Å²) >= 11 is 1.39. The molecular formula is C17H12F3N3OS. The molecule has 0 saturated heterocycles. The first kappa shape index (κ1) is 17.1. The van der Waals surface area contributed by atoms with E-state index in [4.69, 9.17) is 0 Å². The Morgan fingerprint density at radius 2 is 1.84 bits per heavy atom. The number of carbonyl (C=O) groups excluding carboxylic acids is 1. The summed E-state index contributed by atoms with van der Waals surface area (Å²) in [6.07, 6.45) is -1.29. The maximum absolute atomic E-state index is 13.0. The van der Waals surface area contributed by atoms with Crippen LogP contribution >= 0.6 is 11.3 Å². The molecule has 1 amide bonds. The average molecular weight is 363 g/mol. The first-order valence-electron chi connectivity index (χ1n) is 7.24. The number of pyridine rings is 1. The molecule has 3 rings (SSSR count). The number of rotatable bonds is 4. The highest BCUT2D eigenvalue weighted by Gasteiger charge is 2.34. The topological polar surface area (TPSA) is 54.9 Å². The third-order valence-corrected chi connectivity index (χ3v) is 4.33. The van der Waals surface area contributed by atoms with Gasteiger partial charge in [-0.3, -0.25) is 9.78 Å². The Labute approximate surface area is 145 Å². The number of hydrogen-bond acceptors (Lipinski definition) is 4. The van der Waals surface area contributed by atoms with Crippen LogP contribution in [0.25, 0.3) is 10.6 Å². The summed E-state index contributed by atoms with van der Waals surface area (Å²) in [7, 11) is 0. The van der Waals surface area contributed by atoms with Crippen molar-refractivity contribution < 1.29 is 18.0 Å². The summed E-state index contributed by atoms with van der Waals surface area (Å²) in [4.78, 5) is 20.4. The number of amides is 1. The number of alkyl halides is 3. The first-order chi connectivity index (χ1) is 11.9. The number of halogens is 3. The van der Waals surface area contributed by atoms with Gasteiger partial charge in [0.15, 0.2) is 0 Å². The minimum atomic E-state index is -4.58. The molecule has 8 heteroatoms. The van der Waals surface area contributed by atoms with Crippen LogP contribution < -0.4 is 5.32 Å². The highest BCUT2D eigenvalue weighted by Crippen LogP contribution is 2.31. The van der Waals surface area contributed by atoms with Crippen molar-refractivity contribution in [3.63, 3.8) is 0 Å². The zero-order chi connectivity index (χ0) is 17.9. The lowest BCUT2D eigenvalue weighted by Gasteiger charge is -2.12. The minimum absolute atomic E-state index is 0.0482. The first-order valence-corrected chi connectivity index (χ1v) is 8.12. The van der Waals surface area contributed by atoms with Crippen molar-refractivity contribution in [3.8, 4) is 10.6 Å². The van der Waals surface area contributed by atoms with Gasteiger partial charge in [-0.1, -0.05) is 12.1 Å². The van der Waals surface area contributed by atoms with Crippen molar-refractivity contribution >= 4 is 17.2 Å². The lowest BCUT2D eigenvalue weighted by molar-refractivity contribution is -0.137. The van der Waals surface area contributed by atoms with E-state index in [2.05, 4.69) is 15.3 Å². The second-order valence-corrected chi connectivity index (χ2v) is 5.96. The third kappa shape index (κ3) is 4.03. The van der Waals surface area contributed by atoms with Crippen LogP contribution in [0.15, 0.2) is 54.2 Å². The van der Waals surface area contributed by atoms with E-state index >= 15 is 0 Å². The second-order valence-electron chi connectivity index (χ2n) is 5.11. The number of carbonyl (C=O) groups is 1. The van der Waals surface area contributed by atoms with E-state index in [-0.39, 0.29) is 6.54 Å². The maximum atomic E-state index is 13.0. The quantitative estimate of drug-likeness (QED) is 0.757. The van der Waals surface area contributed by atoms with E-state index in [9.17, 15) is 18.0 Å². The number of nitrogens with one attached hydrogen (secondary N) is 1. The van der Waals surface area contributed by atoms with Crippen LogP contribution in [0, 0.1) is 0 Å². The zero-order valence-corrected chi connectivity index (χ0v) is 13.6. The molecule has 25 heavy (non-hydrogen) atoms. The molecule has 2 heterocycles. The van der Waals surface area contributed by atoms with Gasteiger partial charge in [0.1, 0.15) is 5.01 Å². The van der Waals surface area contributed by atoms with Gasteiger partial charge < -0.3 is 5.32 Å². The molecule has 1 aromatic carbocycles. The molecule has 0 atom stereocenters. The van der Waals surface area contributed by atoms with Crippen molar-refractivity contribution in [2.45, 2.75) is 12.7 Å². The molecule has 0 unspecified atom stereocenters. The van der Waals surface area contributed by atoms with Crippen molar-refractivity contribution in [2.75, 3.05) is 0 Å². The van der Waals surface area contributed by atoms with E-state index in [1.807, 2.05) is 0 Å². The van der Waals surface area contributed by atoms with E-state index in [0.717, 1.165) is 22.7 Å². The third-order valence-electron chi connectivity index (χ3n) is 3.39. The zero-order valence-electron chi connectivity index (χ0n) is 12.7. The number of nitrogens with zero attached hydrogens (tertiary/aromatic N) is 2. The summed E-state index contributed by atoms with van der Waals surface area (Å²) in [5.74, 6) is -0.786. The largest absolute Gasteiger partial charge is 0.417 e. The van der Waals surface area contributed by atoms with Gasteiger partial charge in [-0.25, -0.2) is 4.98 Å². The molecule has 0 spiro atoms. The average Bonchev–Trinajstić information content (AvgIpc) is 3.09. The fraction of sp³-hybridized carbons (Fsp3) is 0.118. The van der Waals surface area contributed by atoms with Crippen LogP contribution in [-0.2, 0) is 12.7 Å². The van der Waals surface area contributed by atoms with Gasteiger partial charge in [0, 0.05) is 23.3 Å². The predicted octanol–water partition coefficient (Wildman–Crippen LogP) is 4.15. The van der Waals surface area contributed by atoms with Crippen LogP contribution in [0.3, 0.4) is 0 Å². The monoisotopic (exact) mass is 363 g/mol. The Kier molecular flexibility index (Phi) is 4.80. The molecule has 1 N–H and O–H groups in total. The van der Waals surface area contributed by atoms with Crippen LogP contribution in [0.1, 0.15) is 21.6 Å². The summed E-state index contributed by atoms with van der Waals surface area (Å²) < 4.78 is 38.9. The van der Waals surface area contributed by atoms with Crippen LogP contribution in [0.4, 0.5) is 13.2 Å². The number of hydrogen-bond donors (Lipinski definition) is 1. The van der Waals surface area contributed by atoms with Crippen molar-refractivity contribution in [1.82, 2.24) is 15.3 Å². The molecule has 0 aliphatic heterocycles. The SMILES string of the molecule is O=C(NCc1csc(-c2ccncc2)n1)c1ccccc1C(F)(F)F. The van der Waals surface area contributed by atoms with Crippen LogP contribution in [0.2, 0.25) is 0 Å². The molecule has 3 aromatic rings. The molecule has 0 fully saturated rings. The lowest BCUT2D eigenvalue weighted by Crippen LogP contribution is -2.26. The Morgan fingerprint density at radius 3 is 2.56 bits per heavy atom. The van der Waals surface area contributed by atoms with Gasteiger partial charge in [-0.2, -0.15) is 13.2 Å². The second kappa shape index (κ2) is 7.02. The van der Waals surface area contributed by atoms with Gasteiger partial charge in [0.2, 0.25) is 0 Å². The normalized spacial score (nSPS) is 11.3. The molecule has 2 aromatic heterocycles. The smallest absolute Gasteiger partial charge is 0.346 e. The van der Waals surface area contributed by atoms with Gasteiger partial charge in [0.05, 0.1) is 23.4 Å². The fourth-order valence-corrected chi connectivity index (χ4v) is 3.04. The molecular weight excluding hydrogens is 351 g/mol. The highest BCUT2D eigenvalue weighted by atomic mass is 32.1. The van der Waals surface area contributed by atoms with Gasteiger partial charge in [-0.05, 0) is 24.3 Å². The van der Waals surface area contributed by atoms with Gasteiger partial charge in [0.25, 0.3) is 5.91 Å². The molecule has 0 saturated carbocycles. The molecule has 4 nitrogen and oxygen atoms in total. The summed E-state index contributed by atoms with van der Waals surface area (Å²) in [6.45, 7) is 0.0482. The highest BCUT2D eigenvalue weighted by molar-refractivity contribution is 7.13. The molecule has 128 valence electrons. The fourth-order valence-electron chi connectivity index (χ4n) is 2.21. The number of thiazole rings is 1. The van der Waals surface area contributed by atoms with Gasteiger partial charge >= 0.3 is 6.18 Å². The number of benzene rings is 1.